The summed E-state index contributed by atoms with van der Waals surface area (Å²) >= 11 is 0. The van der Waals surface area contributed by atoms with E-state index in [4.69, 9.17) is 9.47 Å². The maximum absolute atomic E-state index is 11.7. The minimum atomic E-state index is -0.439. The lowest BCUT2D eigenvalue weighted by Crippen LogP contribution is -2.31. The molecule has 0 unspecified atom stereocenters. The van der Waals surface area contributed by atoms with Crippen LogP contribution in [0.15, 0.2) is 24.3 Å². The van der Waals surface area contributed by atoms with E-state index in [1.165, 1.54) is 20.3 Å². The van der Waals surface area contributed by atoms with Gasteiger partial charge in [0.2, 0.25) is 0 Å². The van der Waals surface area contributed by atoms with Gasteiger partial charge in [-0.05, 0) is 29.7 Å². The highest BCUT2D eigenvalue weighted by atomic mass is 16.5. The number of ether oxygens (including phenoxy) is 3. The molecule has 1 amide bonds. The van der Waals surface area contributed by atoms with Gasteiger partial charge in [-0.3, -0.25) is 4.79 Å². The second-order valence-corrected chi connectivity index (χ2v) is 5.25. The van der Waals surface area contributed by atoms with Gasteiger partial charge in [-0.25, -0.2) is 4.79 Å². The second-order valence-electron chi connectivity index (χ2n) is 5.25. The first-order valence-electron chi connectivity index (χ1n) is 7.29. The average molecular weight is 321 g/mol. The van der Waals surface area contributed by atoms with E-state index >= 15 is 0 Å². The van der Waals surface area contributed by atoms with Crippen LogP contribution in [-0.2, 0) is 14.3 Å². The summed E-state index contributed by atoms with van der Waals surface area (Å²) in [5.74, 6) is 0.701. The van der Waals surface area contributed by atoms with Gasteiger partial charge < -0.3 is 19.5 Å². The van der Waals surface area contributed by atoms with Crippen LogP contribution in [0.1, 0.15) is 19.4 Å². The zero-order valence-electron chi connectivity index (χ0n) is 13.9. The summed E-state index contributed by atoms with van der Waals surface area (Å²) in [6, 6.07) is 5.15. The molecule has 0 spiro atoms. The van der Waals surface area contributed by atoms with Crippen LogP contribution in [0.4, 0.5) is 0 Å². The van der Waals surface area contributed by atoms with Crippen LogP contribution in [0, 0.1) is 5.92 Å². The molecule has 126 valence electrons. The third-order valence-corrected chi connectivity index (χ3v) is 2.87. The highest BCUT2D eigenvalue weighted by Gasteiger charge is 2.08. The van der Waals surface area contributed by atoms with Gasteiger partial charge in [0.25, 0.3) is 5.91 Å². The lowest BCUT2D eigenvalue weighted by molar-refractivity contribution is -0.134. The van der Waals surface area contributed by atoms with Crippen LogP contribution < -0.4 is 14.8 Å². The van der Waals surface area contributed by atoms with Gasteiger partial charge in [-0.15, -0.1) is 0 Å². The maximum atomic E-state index is 11.7. The van der Waals surface area contributed by atoms with E-state index in [2.05, 4.69) is 10.1 Å². The lowest BCUT2D eigenvalue weighted by Gasteiger charge is -2.12. The number of hydrogen-bond acceptors (Lipinski definition) is 5. The molecule has 1 N–H and O–H groups in total. The summed E-state index contributed by atoms with van der Waals surface area (Å²) < 4.78 is 15.2. The molecule has 0 aliphatic rings. The van der Waals surface area contributed by atoms with Crippen molar-refractivity contribution in [3.05, 3.63) is 29.8 Å². The first-order valence-corrected chi connectivity index (χ1v) is 7.29. The number of benzene rings is 1. The molecule has 1 aromatic rings. The zero-order valence-corrected chi connectivity index (χ0v) is 13.9. The van der Waals surface area contributed by atoms with Crippen LogP contribution in [0.3, 0.4) is 0 Å². The van der Waals surface area contributed by atoms with Crippen molar-refractivity contribution in [1.29, 1.82) is 0 Å². The highest BCUT2D eigenvalue weighted by molar-refractivity contribution is 5.87. The van der Waals surface area contributed by atoms with Crippen LogP contribution in [-0.4, -0.2) is 39.2 Å². The fourth-order valence-corrected chi connectivity index (χ4v) is 1.65. The van der Waals surface area contributed by atoms with Crippen molar-refractivity contribution in [3.63, 3.8) is 0 Å². The molecule has 0 aromatic heterocycles. The summed E-state index contributed by atoms with van der Waals surface area (Å²) in [5, 5.41) is 2.77. The Morgan fingerprint density at radius 2 is 1.96 bits per heavy atom. The minimum Gasteiger partial charge on any atom is -0.493 e. The van der Waals surface area contributed by atoms with Gasteiger partial charge in [-0.1, -0.05) is 19.9 Å². The first kappa shape index (κ1) is 18.5. The molecule has 0 atom stereocenters. The van der Waals surface area contributed by atoms with E-state index < -0.39 is 5.97 Å². The SMILES string of the molecule is COC(=O)C=Cc1ccc(OCC(=O)NCC(C)C)c(OC)c1. The van der Waals surface area contributed by atoms with Gasteiger partial charge in [0.1, 0.15) is 0 Å². The van der Waals surface area contributed by atoms with Gasteiger partial charge in [0.05, 0.1) is 14.2 Å². The average Bonchev–Trinajstić information content (AvgIpc) is 2.55. The summed E-state index contributed by atoms with van der Waals surface area (Å²) in [6.07, 6.45) is 2.92. The second kappa shape index (κ2) is 9.50. The molecular weight excluding hydrogens is 298 g/mol. The van der Waals surface area contributed by atoms with Gasteiger partial charge in [0.15, 0.2) is 18.1 Å². The van der Waals surface area contributed by atoms with E-state index in [1.54, 1.807) is 24.3 Å². The molecule has 1 aromatic carbocycles. The largest absolute Gasteiger partial charge is 0.493 e. The summed E-state index contributed by atoms with van der Waals surface area (Å²) in [5.41, 5.74) is 0.754. The number of carbonyl (C=O) groups excluding carboxylic acids is 2. The minimum absolute atomic E-state index is 0.0829. The van der Waals surface area contributed by atoms with Crippen LogP contribution in [0.5, 0.6) is 11.5 Å². The zero-order chi connectivity index (χ0) is 17.2. The molecule has 6 heteroatoms. The van der Waals surface area contributed by atoms with Crippen molar-refractivity contribution >= 4 is 18.0 Å². The number of hydrogen-bond donors (Lipinski definition) is 1. The number of carbonyl (C=O) groups is 2. The molecule has 6 nitrogen and oxygen atoms in total. The molecule has 0 saturated carbocycles. The Morgan fingerprint density at radius 3 is 2.57 bits per heavy atom. The molecule has 0 bridgehead atoms. The Balaban J connectivity index is 2.67. The third-order valence-electron chi connectivity index (χ3n) is 2.87. The normalized spacial score (nSPS) is 10.7. The summed E-state index contributed by atoms with van der Waals surface area (Å²) in [7, 11) is 2.82. The standard InChI is InChI=1S/C17H23NO5/c1-12(2)10-18-16(19)11-23-14-7-5-13(9-15(14)21-3)6-8-17(20)22-4/h5-9,12H,10-11H2,1-4H3,(H,18,19). The number of esters is 1. The van der Waals surface area contributed by atoms with Crippen molar-refractivity contribution < 1.29 is 23.8 Å². The Bertz CT molecular complexity index is 566. The molecule has 0 aliphatic carbocycles. The summed E-state index contributed by atoms with van der Waals surface area (Å²) in [6.45, 7) is 4.56. The Kier molecular flexibility index (Phi) is 7.66. The lowest BCUT2D eigenvalue weighted by atomic mass is 10.2. The fraction of sp³-hybridized carbons (Fsp3) is 0.412. The van der Waals surface area contributed by atoms with Crippen molar-refractivity contribution in [2.24, 2.45) is 5.92 Å². The van der Waals surface area contributed by atoms with Gasteiger partial charge in [0, 0.05) is 12.6 Å². The smallest absolute Gasteiger partial charge is 0.330 e. The van der Waals surface area contributed by atoms with Gasteiger partial charge >= 0.3 is 5.97 Å². The first-order chi connectivity index (χ1) is 11.0. The Morgan fingerprint density at radius 1 is 1.22 bits per heavy atom. The molecule has 1 rings (SSSR count). The predicted octanol–water partition coefficient (Wildman–Crippen LogP) is 2.03. The highest BCUT2D eigenvalue weighted by Crippen LogP contribution is 2.28. The van der Waals surface area contributed by atoms with E-state index in [0.717, 1.165) is 5.56 Å². The molecule has 0 heterocycles. The number of methoxy groups -OCH3 is 2. The van der Waals surface area contributed by atoms with Crippen molar-refractivity contribution in [2.45, 2.75) is 13.8 Å². The maximum Gasteiger partial charge on any atom is 0.330 e. The van der Waals surface area contributed by atoms with Crippen LogP contribution in [0.2, 0.25) is 0 Å². The van der Waals surface area contributed by atoms with E-state index in [0.29, 0.717) is 24.0 Å². The fourth-order valence-electron chi connectivity index (χ4n) is 1.65. The number of rotatable bonds is 8. The number of nitrogens with one attached hydrogen (secondary N) is 1. The van der Waals surface area contributed by atoms with Crippen molar-refractivity contribution in [2.75, 3.05) is 27.4 Å². The molecule has 0 aliphatic heterocycles. The molecule has 0 saturated heterocycles. The topological polar surface area (TPSA) is 73.9 Å². The molecule has 23 heavy (non-hydrogen) atoms. The van der Waals surface area contributed by atoms with E-state index in [-0.39, 0.29) is 12.5 Å². The van der Waals surface area contributed by atoms with Crippen LogP contribution >= 0.6 is 0 Å². The van der Waals surface area contributed by atoms with Crippen molar-refractivity contribution in [3.8, 4) is 11.5 Å². The predicted molar refractivity (Wildman–Crippen MR) is 87.4 cm³/mol. The van der Waals surface area contributed by atoms with Gasteiger partial charge in [-0.2, -0.15) is 0 Å². The molecule has 0 radical (unpaired) electrons. The monoisotopic (exact) mass is 321 g/mol. The Labute approximate surface area is 136 Å². The molecule has 0 fully saturated rings. The third kappa shape index (κ3) is 6.86. The van der Waals surface area contributed by atoms with E-state index in [9.17, 15) is 9.59 Å². The quantitative estimate of drug-likeness (QED) is 0.586. The molecular formula is C17H23NO5. The van der Waals surface area contributed by atoms with Crippen molar-refractivity contribution in [1.82, 2.24) is 5.32 Å². The number of amides is 1. The summed E-state index contributed by atoms with van der Waals surface area (Å²) in [4.78, 5) is 22.7. The van der Waals surface area contributed by atoms with Crippen LogP contribution in [0.25, 0.3) is 6.08 Å². The van der Waals surface area contributed by atoms with E-state index in [1.807, 2.05) is 13.8 Å². The Hall–Kier alpha value is -2.50.